The number of fused-ring (bicyclic) bond motifs is 1. The lowest BCUT2D eigenvalue weighted by Gasteiger charge is -2.36. The maximum Gasteiger partial charge on any atom is 0.267 e. The molecule has 1 N–H and O–H groups in total. The van der Waals surface area contributed by atoms with Crippen molar-refractivity contribution in [3.63, 3.8) is 0 Å². The van der Waals surface area contributed by atoms with Crippen molar-refractivity contribution in [1.29, 1.82) is 5.26 Å². The number of anilines is 1. The largest absolute Gasteiger partial charge is 0.372 e. The molecule has 1 amide bonds. The van der Waals surface area contributed by atoms with Crippen molar-refractivity contribution in [2.24, 2.45) is 0 Å². The molecule has 8 heteroatoms. The van der Waals surface area contributed by atoms with Gasteiger partial charge in [-0.1, -0.05) is 6.07 Å². The Morgan fingerprint density at radius 2 is 2.11 bits per heavy atom. The molecule has 3 heterocycles. The van der Waals surface area contributed by atoms with Crippen LogP contribution in [0.4, 0.5) is 5.82 Å². The van der Waals surface area contributed by atoms with Gasteiger partial charge in [-0.3, -0.25) is 14.0 Å². The Morgan fingerprint density at radius 1 is 1.39 bits per heavy atom. The SMILES string of the molecule is CCNC(=O)/C(C#N)=C\c1c(N2C[C@@H](C)O[C@@H](C)C2)nc2ccccn2c1=O. The molecular formula is C20H23N5O3. The summed E-state index contributed by atoms with van der Waals surface area (Å²) in [6.45, 7) is 7.19. The molecule has 0 saturated carbocycles. The number of likely N-dealkylation sites (N-methyl/N-ethyl adjacent to an activating group) is 1. The molecule has 8 nitrogen and oxygen atoms in total. The van der Waals surface area contributed by atoms with Crippen molar-refractivity contribution in [2.75, 3.05) is 24.5 Å². The molecular weight excluding hydrogens is 358 g/mol. The molecule has 1 aliphatic rings. The van der Waals surface area contributed by atoms with E-state index in [1.165, 1.54) is 10.5 Å². The van der Waals surface area contributed by atoms with Crippen LogP contribution in [0.3, 0.4) is 0 Å². The number of pyridine rings is 1. The fourth-order valence-electron chi connectivity index (χ4n) is 3.36. The van der Waals surface area contributed by atoms with Crippen LogP contribution in [0.15, 0.2) is 34.8 Å². The van der Waals surface area contributed by atoms with Gasteiger partial charge in [-0.15, -0.1) is 0 Å². The first kappa shape index (κ1) is 19.6. The molecule has 0 unspecified atom stereocenters. The number of nitriles is 1. The first-order valence-electron chi connectivity index (χ1n) is 9.26. The second-order valence-electron chi connectivity index (χ2n) is 6.77. The summed E-state index contributed by atoms with van der Waals surface area (Å²) in [6, 6.07) is 7.18. The van der Waals surface area contributed by atoms with E-state index in [0.717, 1.165) is 0 Å². The van der Waals surface area contributed by atoms with Gasteiger partial charge in [0, 0.05) is 25.8 Å². The first-order chi connectivity index (χ1) is 13.4. The van der Waals surface area contributed by atoms with E-state index in [4.69, 9.17) is 4.74 Å². The van der Waals surface area contributed by atoms with Crippen molar-refractivity contribution in [3.05, 3.63) is 45.9 Å². The first-order valence-corrected chi connectivity index (χ1v) is 9.26. The Labute approximate surface area is 163 Å². The molecule has 2 aromatic rings. The number of aromatic nitrogens is 2. The molecule has 0 spiro atoms. The van der Waals surface area contributed by atoms with Crippen molar-refractivity contribution in [1.82, 2.24) is 14.7 Å². The summed E-state index contributed by atoms with van der Waals surface area (Å²) in [5, 5.41) is 12.0. The van der Waals surface area contributed by atoms with Gasteiger partial charge in [-0.2, -0.15) is 5.26 Å². The summed E-state index contributed by atoms with van der Waals surface area (Å²) in [7, 11) is 0. The molecule has 0 bridgehead atoms. The maximum absolute atomic E-state index is 13.2. The summed E-state index contributed by atoms with van der Waals surface area (Å²) in [4.78, 5) is 32.0. The van der Waals surface area contributed by atoms with Crippen LogP contribution in [0, 0.1) is 11.3 Å². The number of carbonyl (C=O) groups excluding carboxylic acids is 1. The minimum Gasteiger partial charge on any atom is -0.372 e. The molecule has 1 aliphatic heterocycles. The molecule has 1 fully saturated rings. The smallest absolute Gasteiger partial charge is 0.267 e. The highest BCUT2D eigenvalue weighted by Crippen LogP contribution is 2.23. The van der Waals surface area contributed by atoms with Crippen LogP contribution in [0.2, 0.25) is 0 Å². The highest BCUT2D eigenvalue weighted by atomic mass is 16.5. The van der Waals surface area contributed by atoms with E-state index in [-0.39, 0.29) is 28.9 Å². The standard InChI is InChI=1S/C20H23N5O3/c1-4-22-19(26)15(10-21)9-16-18(24-11-13(2)28-14(3)12-24)23-17-7-5-6-8-25(17)20(16)27/h5-9,13-14H,4,11-12H2,1-3H3,(H,22,26)/b15-9-/t13-,14+. The Balaban J connectivity index is 2.21. The highest BCUT2D eigenvalue weighted by Gasteiger charge is 2.27. The van der Waals surface area contributed by atoms with E-state index in [9.17, 15) is 14.9 Å². The number of ether oxygens (including phenoxy) is 1. The fourth-order valence-corrected chi connectivity index (χ4v) is 3.36. The van der Waals surface area contributed by atoms with Gasteiger partial charge in [-0.25, -0.2) is 4.98 Å². The van der Waals surface area contributed by atoms with E-state index in [0.29, 0.717) is 31.1 Å². The molecule has 0 aromatic carbocycles. The van der Waals surface area contributed by atoms with Crippen LogP contribution in [0.5, 0.6) is 0 Å². The predicted molar refractivity (Wildman–Crippen MR) is 106 cm³/mol. The quantitative estimate of drug-likeness (QED) is 0.634. The summed E-state index contributed by atoms with van der Waals surface area (Å²) < 4.78 is 7.20. The molecule has 2 atom stereocenters. The third-order valence-electron chi connectivity index (χ3n) is 4.46. The zero-order valence-electron chi connectivity index (χ0n) is 16.2. The fraction of sp³-hybridized carbons (Fsp3) is 0.400. The monoisotopic (exact) mass is 381 g/mol. The van der Waals surface area contributed by atoms with E-state index in [1.807, 2.05) is 24.8 Å². The number of hydrogen-bond acceptors (Lipinski definition) is 6. The average molecular weight is 381 g/mol. The summed E-state index contributed by atoms with van der Waals surface area (Å²) in [5.74, 6) is -0.0625. The predicted octanol–water partition coefficient (Wildman–Crippen LogP) is 1.35. The van der Waals surface area contributed by atoms with Gasteiger partial charge in [0.2, 0.25) is 0 Å². The number of hydrogen-bond donors (Lipinski definition) is 1. The van der Waals surface area contributed by atoms with E-state index < -0.39 is 5.91 Å². The summed E-state index contributed by atoms with van der Waals surface area (Å²) in [6.07, 6.45) is 2.89. The zero-order valence-corrected chi connectivity index (χ0v) is 16.2. The lowest BCUT2D eigenvalue weighted by Crippen LogP contribution is -2.46. The molecule has 0 radical (unpaired) electrons. The number of nitrogens with zero attached hydrogens (tertiary/aromatic N) is 4. The molecule has 0 aliphatic carbocycles. The molecule has 146 valence electrons. The van der Waals surface area contributed by atoms with Gasteiger partial charge in [0.15, 0.2) is 0 Å². The van der Waals surface area contributed by atoms with Crippen LogP contribution in [-0.4, -0.2) is 47.1 Å². The van der Waals surface area contributed by atoms with E-state index >= 15 is 0 Å². The van der Waals surface area contributed by atoms with E-state index in [2.05, 4.69) is 10.3 Å². The van der Waals surface area contributed by atoms with Crippen molar-refractivity contribution in [3.8, 4) is 6.07 Å². The van der Waals surface area contributed by atoms with Gasteiger partial charge in [0.25, 0.3) is 11.5 Å². The number of nitrogens with one attached hydrogen (secondary N) is 1. The molecule has 3 rings (SSSR count). The lowest BCUT2D eigenvalue weighted by molar-refractivity contribution is -0.116. The second-order valence-corrected chi connectivity index (χ2v) is 6.77. The summed E-state index contributed by atoms with van der Waals surface area (Å²) >= 11 is 0. The Hall–Kier alpha value is -3.18. The second kappa shape index (κ2) is 8.23. The normalized spacial score (nSPS) is 20.1. The lowest BCUT2D eigenvalue weighted by atomic mass is 10.1. The van der Waals surface area contributed by atoms with Gasteiger partial charge < -0.3 is 15.0 Å². The minimum atomic E-state index is -0.516. The Kier molecular flexibility index (Phi) is 5.76. The topological polar surface area (TPSA) is 99.7 Å². The Bertz CT molecular complexity index is 1010. The van der Waals surface area contributed by atoms with Gasteiger partial charge in [0.1, 0.15) is 23.1 Å². The van der Waals surface area contributed by atoms with Crippen molar-refractivity contribution < 1.29 is 9.53 Å². The Morgan fingerprint density at radius 3 is 2.75 bits per heavy atom. The number of amides is 1. The third-order valence-corrected chi connectivity index (χ3v) is 4.46. The van der Waals surface area contributed by atoms with Crippen LogP contribution in [-0.2, 0) is 9.53 Å². The number of rotatable bonds is 4. The highest BCUT2D eigenvalue weighted by molar-refractivity contribution is 6.02. The minimum absolute atomic E-state index is 0.0320. The van der Waals surface area contributed by atoms with Gasteiger partial charge >= 0.3 is 0 Å². The average Bonchev–Trinajstić information content (AvgIpc) is 2.66. The van der Waals surface area contributed by atoms with E-state index in [1.54, 1.807) is 31.3 Å². The van der Waals surface area contributed by atoms with Crippen LogP contribution < -0.4 is 15.8 Å². The van der Waals surface area contributed by atoms with Crippen molar-refractivity contribution >= 4 is 23.4 Å². The van der Waals surface area contributed by atoms with Crippen LogP contribution in [0.1, 0.15) is 26.3 Å². The van der Waals surface area contributed by atoms with Crippen LogP contribution >= 0.6 is 0 Å². The molecule has 1 saturated heterocycles. The third kappa shape index (κ3) is 3.89. The van der Waals surface area contributed by atoms with Crippen molar-refractivity contribution in [2.45, 2.75) is 33.0 Å². The molecule has 2 aromatic heterocycles. The maximum atomic E-state index is 13.2. The summed E-state index contributed by atoms with van der Waals surface area (Å²) in [5.41, 5.74) is 0.257. The molecule has 28 heavy (non-hydrogen) atoms. The van der Waals surface area contributed by atoms with Gasteiger partial charge in [0.05, 0.1) is 17.8 Å². The van der Waals surface area contributed by atoms with Gasteiger partial charge in [-0.05, 0) is 39.0 Å². The van der Waals surface area contributed by atoms with Crippen LogP contribution in [0.25, 0.3) is 11.7 Å². The number of morpholine rings is 1. The number of carbonyl (C=O) groups is 1. The zero-order chi connectivity index (χ0) is 20.3.